The van der Waals surface area contributed by atoms with E-state index in [1.807, 2.05) is 0 Å². The van der Waals surface area contributed by atoms with Gasteiger partial charge in [0.2, 0.25) is 5.91 Å². The third-order valence-electron chi connectivity index (χ3n) is 3.83. The Balaban J connectivity index is 0.00000162. The minimum Gasteiger partial charge on any atom is -0.356 e. The Bertz CT molecular complexity index is 238. The molecule has 2 aliphatic heterocycles. The van der Waals surface area contributed by atoms with E-state index in [1.165, 1.54) is 32.4 Å². The minimum atomic E-state index is 0. The summed E-state index contributed by atoms with van der Waals surface area (Å²) in [7, 11) is 0. The van der Waals surface area contributed by atoms with E-state index >= 15 is 0 Å². The van der Waals surface area contributed by atoms with Gasteiger partial charge in [-0.15, -0.1) is 12.4 Å². The molecule has 2 fully saturated rings. The fraction of sp³-hybridized carbons (Fsp3) is 0.923. The summed E-state index contributed by atoms with van der Waals surface area (Å²) in [6, 6.07) is 0. The zero-order valence-electron chi connectivity index (χ0n) is 11.1. The number of hydrogen-bond donors (Lipinski definition) is 2. The van der Waals surface area contributed by atoms with Crippen LogP contribution in [-0.4, -0.2) is 50.1 Å². The van der Waals surface area contributed by atoms with Gasteiger partial charge in [0, 0.05) is 13.1 Å². The monoisotopic (exact) mass is 275 g/mol. The first-order valence-corrected chi connectivity index (χ1v) is 7.07. The van der Waals surface area contributed by atoms with Gasteiger partial charge in [-0.3, -0.25) is 4.79 Å². The van der Waals surface area contributed by atoms with E-state index in [4.69, 9.17) is 0 Å². The van der Waals surface area contributed by atoms with Gasteiger partial charge < -0.3 is 15.5 Å². The number of carbonyl (C=O) groups is 1. The van der Waals surface area contributed by atoms with E-state index in [0.29, 0.717) is 0 Å². The van der Waals surface area contributed by atoms with Crippen LogP contribution in [-0.2, 0) is 4.79 Å². The number of likely N-dealkylation sites (tertiary alicyclic amines) is 1. The SMILES string of the molecule is Cl.O=C(NCCCN1CCCCC1)C1CCNC1. The Morgan fingerprint density at radius 3 is 2.72 bits per heavy atom. The van der Waals surface area contributed by atoms with E-state index in [9.17, 15) is 4.79 Å². The van der Waals surface area contributed by atoms with Gasteiger partial charge in [-0.2, -0.15) is 0 Å². The molecular weight excluding hydrogens is 250 g/mol. The molecule has 2 N–H and O–H groups in total. The molecule has 18 heavy (non-hydrogen) atoms. The first-order chi connectivity index (χ1) is 8.36. The number of nitrogens with one attached hydrogen (secondary N) is 2. The highest BCUT2D eigenvalue weighted by molar-refractivity contribution is 5.85. The third-order valence-corrected chi connectivity index (χ3v) is 3.83. The lowest BCUT2D eigenvalue weighted by Gasteiger charge is -2.26. The summed E-state index contributed by atoms with van der Waals surface area (Å²) < 4.78 is 0. The van der Waals surface area contributed by atoms with Crippen molar-refractivity contribution >= 4 is 18.3 Å². The molecule has 106 valence electrons. The van der Waals surface area contributed by atoms with Gasteiger partial charge in [0.25, 0.3) is 0 Å². The molecule has 2 aliphatic rings. The molecular formula is C13H26ClN3O. The first kappa shape index (κ1) is 15.7. The van der Waals surface area contributed by atoms with Crippen molar-refractivity contribution in [2.75, 3.05) is 39.3 Å². The molecule has 2 rings (SSSR count). The van der Waals surface area contributed by atoms with Gasteiger partial charge in [-0.1, -0.05) is 6.42 Å². The zero-order valence-corrected chi connectivity index (χ0v) is 11.9. The van der Waals surface area contributed by atoms with Crippen LogP contribution in [0, 0.1) is 5.92 Å². The molecule has 0 bridgehead atoms. The van der Waals surface area contributed by atoms with Crippen molar-refractivity contribution in [3.63, 3.8) is 0 Å². The quantitative estimate of drug-likeness (QED) is 0.736. The number of hydrogen-bond acceptors (Lipinski definition) is 3. The smallest absolute Gasteiger partial charge is 0.224 e. The lowest BCUT2D eigenvalue weighted by atomic mass is 10.1. The van der Waals surface area contributed by atoms with Gasteiger partial charge >= 0.3 is 0 Å². The molecule has 0 aromatic rings. The van der Waals surface area contributed by atoms with Gasteiger partial charge in [-0.25, -0.2) is 0 Å². The number of halogens is 1. The highest BCUT2D eigenvalue weighted by Gasteiger charge is 2.21. The molecule has 1 unspecified atom stereocenters. The lowest BCUT2D eigenvalue weighted by molar-refractivity contribution is -0.124. The average Bonchev–Trinajstić information content (AvgIpc) is 2.89. The molecule has 0 aromatic heterocycles. The van der Waals surface area contributed by atoms with E-state index < -0.39 is 0 Å². The summed E-state index contributed by atoms with van der Waals surface area (Å²) in [5.41, 5.74) is 0. The van der Waals surface area contributed by atoms with Crippen LogP contribution in [0.15, 0.2) is 0 Å². The molecule has 5 heteroatoms. The zero-order chi connectivity index (χ0) is 11.9. The van der Waals surface area contributed by atoms with Gasteiger partial charge in [0.1, 0.15) is 0 Å². The average molecular weight is 276 g/mol. The summed E-state index contributed by atoms with van der Waals surface area (Å²) in [5, 5.41) is 6.28. The van der Waals surface area contributed by atoms with Crippen molar-refractivity contribution in [3.05, 3.63) is 0 Å². The summed E-state index contributed by atoms with van der Waals surface area (Å²) in [4.78, 5) is 14.3. The molecule has 0 spiro atoms. The van der Waals surface area contributed by atoms with Crippen molar-refractivity contribution in [2.45, 2.75) is 32.1 Å². The Morgan fingerprint density at radius 1 is 1.28 bits per heavy atom. The van der Waals surface area contributed by atoms with Gasteiger partial charge in [-0.05, 0) is 51.9 Å². The Hall–Kier alpha value is -0.320. The third kappa shape index (κ3) is 5.12. The molecule has 0 aromatic carbocycles. The van der Waals surface area contributed by atoms with Crippen LogP contribution in [0.3, 0.4) is 0 Å². The van der Waals surface area contributed by atoms with Crippen molar-refractivity contribution in [2.24, 2.45) is 5.92 Å². The first-order valence-electron chi connectivity index (χ1n) is 7.07. The van der Waals surface area contributed by atoms with Gasteiger partial charge in [0.15, 0.2) is 0 Å². The fourth-order valence-corrected chi connectivity index (χ4v) is 2.72. The molecule has 1 atom stereocenters. The Labute approximate surface area is 116 Å². The minimum absolute atomic E-state index is 0. The predicted octanol–water partition coefficient (Wildman–Crippen LogP) is 1.01. The number of nitrogens with zero attached hydrogens (tertiary/aromatic N) is 1. The molecule has 2 saturated heterocycles. The molecule has 0 saturated carbocycles. The van der Waals surface area contributed by atoms with Crippen LogP contribution < -0.4 is 10.6 Å². The molecule has 0 radical (unpaired) electrons. The lowest BCUT2D eigenvalue weighted by Crippen LogP contribution is -2.35. The Morgan fingerprint density at radius 2 is 2.06 bits per heavy atom. The number of piperidine rings is 1. The van der Waals surface area contributed by atoms with E-state index in [-0.39, 0.29) is 24.2 Å². The molecule has 1 amide bonds. The van der Waals surface area contributed by atoms with Crippen LogP contribution in [0.4, 0.5) is 0 Å². The number of amides is 1. The second-order valence-electron chi connectivity index (χ2n) is 5.24. The second-order valence-corrected chi connectivity index (χ2v) is 5.24. The van der Waals surface area contributed by atoms with Crippen LogP contribution in [0.1, 0.15) is 32.1 Å². The van der Waals surface area contributed by atoms with Crippen LogP contribution in [0.5, 0.6) is 0 Å². The van der Waals surface area contributed by atoms with E-state index in [0.717, 1.165) is 39.0 Å². The van der Waals surface area contributed by atoms with E-state index in [1.54, 1.807) is 0 Å². The maximum atomic E-state index is 11.7. The maximum absolute atomic E-state index is 11.7. The molecule has 0 aliphatic carbocycles. The largest absolute Gasteiger partial charge is 0.356 e. The van der Waals surface area contributed by atoms with Crippen molar-refractivity contribution in [3.8, 4) is 0 Å². The Kier molecular flexibility index (Phi) is 7.63. The van der Waals surface area contributed by atoms with Gasteiger partial charge in [0.05, 0.1) is 5.92 Å². The summed E-state index contributed by atoms with van der Waals surface area (Å²) in [6.45, 7) is 6.33. The predicted molar refractivity (Wildman–Crippen MR) is 76.1 cm³/mol. The van der Waals surface area contributed by atoms with Crippen molar-refractivity contribution in [1.82, 2.24) is 15.5 Å². The fourth-order valence-electron chi connectivity index (χ4n) is 2.72. The number of rotatable bonds is 5. The molecule has 2 heterocycles. The number of carbonyl (C=O) groups excluding carboxylic acids is 1. The second kappa shape index (κ2) is 8.73. The summed E-state index contributed by atoms with van der Waals surface area (Å²) in [6.07, 6.45) is 6.17. The van der Waals surface area contributed by atoms with E-state index in [2.05, 4.69) is 15.5 Å². The highest BCUT2D eigenvalue weighted by atomic mass is 35.5. The van der Waals surface area contributed by atoms with Crippen LogP contribution in [0.2, 0.25) is 0 Å². The summed E-state index contributed by atoms with van der Waals surface area (Å²) >= 11 is 0. The highest BCUT2D eigenvalue weighted by Crippen LogP contribution is 2.09. The maximum Gasteiger partial charge on any atom is 0.224 e. The van der Waals surface area contributed by atoms with Crippen molar-refractivity contribution in [1.29, 1.82) is 0 Å². The summed E-state index contributed by atoms with van der Waals surface area (Å²) in [5.74, 6) is 0.457. The van der Waals surface area contributed by atoms with Crippen molar-refractivity contribution < 1.29 is 4.79 Å². The topological polar surface area (TPSA) is 44.4 Å². The van der Waals surface area contributed by atoms with Crippen LogP contribution in [0.25, 0.3) is 0 Å². The normalized spacial score (nSPS) is 24.6. The standard InChI is InChI=1S/C13H25N3O.ClH/c17-13(12-5-7-14-11-12)15-6-4-10-16-8-2-1-3-9-16;/h12,14H,1-11H2,(H,15,17);1H. The molecule has 4 nitrogen and oxygen atoms in total. The van der Waals surface area contributed by atoms with Crippen LogP contribution >= 0.6 is 12.4 Å².